The fraction of sp³-hybridized carbons (Fsp3) is 0.231. The summed E-state index contributed by atoms with van der Waals surface area (Å²) < 4.78 is 11.6. The van der Waals surface area contributed by atoms with Gasteiger partial charge in [0.15, 0.2) is 5.16 Å². The van der Waals surface area contributed by atoms with E-state index in [1.807, 2.05) is 30.3 Å². The summed E-state index contributed by atoms with van der Waals surface area (Å²) in [6, 6.07) is 18.1. The Morgan fingerprint density at radius 2 is 1.94 bits per heavy atom. The van der Waals surface area contributed by atoms with Crippen molar-refractivity contribution in [3.05, 3.63) is 94.2 Å². The minimum absolute atomic E-state index is 0.210. The number of benzene rings is 2. The van der Waals surface area contributed by atoms with Crippen molar-refractivity contribution in [2.24, 2.45) is 0 Å². The third-order valence-corrected chi connectivity index (χ3v) is 6.57. The Labute approximate surface area is 206 Å². The molecule has 0 saturated heterocycles. The van der Waals surface area contributed by atoms with Gasteiger partial charge in [-0.2, -0.15) is 0 Å². The number of thioether (sulfide) groups is 1. The molecule has 0 aliphatic carbocycles. The summed E-state index contributed by atoms with van der Waals surface area (Å²) in [7, 11) is 1.30. The zero-order chi connectivity index (χ0) is 24.8. The summed E-state index contributed by atoms with van der Waals surface area (Å²) in [6.07, 6.45) is 2.17. The maximum atomic E-state index is 13.4. The summed E-state index contributed by atoms with van der Waals surface area (Å²) in [6.45, 7) is 2.42. The number of nitrogens with zero attached hydrogens (tertiary/aromatic N) is 2. The number of rotatable bonds is 9. The predicted octanol–water partition coefficient (Wildman–Crippen LogP) is 3.82. The van der Waals surface area contributed by atoms with Crippen molar-refractivity contribution in [3.8, 4) is 0 Å². The van der Waals surface area contributed by atoms with E-state index in [2.05, 4.69) is 10.3 Å². The smallest absolute Gasteiger partial charge is 0.337 e. The standard InChI is InChI=1S/C26H25N3O5S/c1-17(23(30)27-16-20-9-6-14-34-20)35-26-28-22-15-19(25(32)33-2)10-11-21(22)24(31)29(26)13-12-18-7-4-3-5-8-18/h3-11,14-15,17H,12-13,16H2,1-2H3,(H,27,30). The number of carbonyl (C=O) groups is 2. The van der Waals surface area contributed by atoms with E-state index in [0.29, 0.717) is 40.3 Å². The van der Waals surface area contributed by atoms with E-state index in [4.69, 9.17) is 9.15 Å². The van der Waals surface area contributed by atoms with Gasteiger partial charge in [-0.05, 0) is 49.2 Å². The highest BCUT2D eigenvalue weighted by molar-refractivity contribution is 8.00. The molecule has 9 heteroatoms. The molecule has 0 bridgehead atoms. The van der Waals surface area contributed by atoms with Crippen molar-refractivity contribution in [3.63, 3.8) is 0 Å². The van der Waals surface area contributed by atoms with Crippen LogP contribution >= 0.6 is 11.8 Å². The zero-order valence-electron chi connectivity index (χ0n) is 19.4. The lowest BCUT2D eigenvalue weighted by atomic mass is 10.1. The first kappa shape index (κ1) is 24.3. The third-order valence-electron chi connectivity index (χ3n) is 5.48. The van der Waals surface area contributed by atoms with Gasteiger partial charge in [0.05, 0.1) is 41.6 Å². The average molecular weight is 492 g/mol. The second-order valence-corrected chi connectivity index (χ2v) is 9.18. The molecular weight excluding hydrogens is 466 g/mol. The molecule has 4 aromatic rings. The first-order chi connectivity index (χ1) is 17.0. The lowest BCUT2D eigenvalue weighted by Gasteiger charge is -2.16. The average Bonchev–Trinajstić information content (AvgIpc) is 3.40. The molecule has 1 atom stereocenters. The van der Waals surface area contributed by atoms with E-state index in [9.17, 15) is 14.4 Å². The lowest BCUT2D eigenvalue weighted by molar-refractivity contribution is -0.120. The van der Waals surface area contributed by atoms with Crippen molar-refractivity contribution >= 4 is 34.5 Å². The quantitative estimate of drug-likeness (QED) is 0.216. The number of hydrogen-bond acceptors (Lipinski definition) is 7. The van der Waals surface area contributed by atoms with Gasteiger partial charge in [0.2, 0.25) is 5.91 Å². The van der Waals surface area contributed by atoms with Crippen molar-refractivity contribution in [1.29, 1.82) is 0 Å². The molecule has 0 aliphatic rings. The van der Waals surface area contributed by atoms with Crippen LogP contribution in [0.1, 0.15) is 28.6 Å². The van der Waals surface area contributed by atoms with Gasteiger partial charge in [0, 0.05) is 6.54 Å². The Bertz CT molecular complexity index is 1380. The highest BCUT2D eigenvalue weighted by Gasteiger charge is 2.20. The molecule has 0 spiro atoms. The minimum atomic E-state index is -0.527. The highest BCUT2D eigenvalue weighted by Crippen LogP contribution is 2.24. The van der Waals surface area contributed by atoms with Crippen LogP contribution < -0.4 is 10.9 Å². The van der Waals surface area contributed by atoms with E-state index in [1.54, 1.807) is 42.0 Å². The van der Waals surface area contributed by atoms with E-state index in [1.165, 1.54) is 24.9 Å². The van der Waals surface area contributed by atoms with Crippen LogP contribution in [0.5, 0.6) is 0 Å². The topological polar surface area (TPSA) is 103 Å². The van der Waals surface area contributed by atoms with Crippen molar-refractivity contribution in [2.75, 3.05) is 7.11 Å². The van der Waals surface area contributed by atoms with Crippen LogP contribution in [0.3, 0.4) is 0 Å². The van der Waals surface area contributed by atoms with Crippen molar-refractivity contribution in [2.45, 2.75) is 36.8 Å². The number of amides is 1. The van der Waals surface area contributed by atoms with E-state index >= 15 is 0 Å². The van der Waals surface area contributed by atoms with E-state index in [-0.39, 0.29) is 18.0 Å². The number of ether oxygens (including phenoxy) is 1. The van der Waals surface area contributed by atoms with Crippen LogP contribution in [0.15, 0.2) is 81.3 Å². The Hall–Kier alpha value is -3.85. The number of methoxy groups -OCH3 is 1. The normalized spacial score (nSPS) is 11.8. The molecule has 8 nitrogen and oxygen atoms in total. The molecule has 1 unspecified atom stereocenters. The monoisotopic (exact) mass is 491 g/mol. The lowest BCUT2D eigenvalue weighted by Crippen LogP contribution is -2.31. The second-order valence-electron chi connectivity index (χ2n) is 7.87. The molecule has 180 valence electrons. The Morgan fingerprint density at radius 3 is 2.66 bits per heavy atom. The summed E-state index contributed by atoms with van der Waals surface area (Å²) in [4.78, 5) is 42.8. The van der Waals surface area contributed by atoms with Crippen LogP contribution in [0.25, 0.3) is 10.9 Å². The fourth-order valence-corrected chi connectivity index (χ4v) is 4.52. The van der Waals surface area contributed by atoms with Crippen LogP contribution in [0.4, 0.5) is 0 Å². The number of aromatic nitrogens is 2. The summed E-state index contributed by atoms with van der Waals surface area (Å²) in [5, 5.41) is 3.11. The van der Waals surface area contributed by atoms with Gasteiger partial charge in [0.1, 0.15) is 5.76 Å². The van der Waals surface area contributed by atoms with Crippen LogP contribution in [0.2, 0.25) is 0 Å². The van der Waals surface area contributed by atoms with Crippen LogP contribution in [0, 0.1) is 0 Å². The van der Waals surface area contributed by atoms with Crippen LogP contribution in [-0.4, -0.2) is 33.8 Å². The molecule has 35 heavy (non-hydrogen) atoms. The number of fused-ring (bicyclic) bond motifs is 1. The molecule has 1 N–H and O–H groups in total. The zero-order valence-corrected chi connectivity index (χ0v) is 20.2. The fourth-order valence-electron chi connectivity index (χ4n) is 3.56. The number of nitrogens with one attached hydrogen (secondary N) is 1. The molecule has 4 rings (SSSR count). The van der Waals surface area contributed by atoms with Gasteiger partial charge in [-0.1, -0.05) is 42.1 Å². The van der Waals surface area contributed by atoms with Gasteiger partial charge in [-0.25, -0.2) is 9.78 Å². The molecule has 0 radical (unpaired) electrons. The Balaban J connectivity index is 1.64. The summed E-state index contributed by atoms with van der Waals surface area (Å²) in [5.74, 6) is -0.0741. The first-order valence-corrected chi connectivity index (χ1v) is 12.0. The second kappa shape index (κ2) is 11.1. The van der Waals surface area contributed by atoms with Crippen molar-refractivity contribution in [1.82, 2.24) is 14.9 Å². The molecule has 2 aromatic heterocycles. The van der Waals surface area contributed by atoms with E-state index in [0.717, 1.165) is 5.56 Å². The van der Waals surface area contributed by atoms with Gasteiger partial charge < -0.3 is 14.5 Å². The maximum Gasteiger partial charge on any atom is 0.337 e. The van der Waals surface area contributed by atoms with Crippen LogP contribution in [-0.2, 0) is 29.0 Å². The molecule has 0 fully saturated rings. The van der Waals surface area contributed by atoms with Crippen molar-refractivity contribution < 1.29 is 18.7 Å². The predicted molar refractivity (Wildman–Crippen MR) is 133 cm³/mol. The summed E-state index contributed by atoms with van der Waals surface area (Å²) >= 11 is 1.19. The highest BCUT2D eigenvalue weighted by atomic mass is 32.2. The molecule has 0 aliphatic heterocycles. The number of hydrogen-bond donors (Lipinski definition) is 1. The van der Waals surface area contributed by atoms with Gasteiger partial charge in [0.25, 0.3) is 5.56 Å². The Morgan fingerprint density at radius 1 is 1.14 bits per heavy atom. The van der Waals surface area contributed by atoms with E-state index < -0.39 is 11.2 Å². The Kier molecular flexibility index (Phi) is 7.67. The van der Waals surface area contributed by atoms with Gasteiger partial charge in [-0.15, -0.1) is 0 Å². The largest absolute Gasteiger partial charge is 0.467 e. The number of carbonyl (C=O) groups excluding carboxylic acids is 2. The molecular formula is C26H25N3O5S. The molecule has 1 amide bonds. The third kappa shape index (κ3) is 5.81. The van der Waals surface area contributed by atoms with Gasteiger partial charge >= 0.3 is 5.97 Å². The number of aryl methyl sites for hydroxylation is 1. The number of esters is 1. The summed E-state index contributed by atoms with van der Waals surface area (Å²) in [5.41, 5.74) is 1.53. The minimum Gasteiger partial charge on any atom is -0.467 e. The maximum absolute atomic E-state index is 13.4. The SMILES string of the molecule is COC(=O)c1ccc2c(=O)n(CCc3ccccc3)c(SC(C)C(=O)NCc3ccco3)nc2c1. The molecule has 2 aromatic carbocycles. The molecule has 2 heterocycles. The van der Waals surface area contributed by atoms with Gasteiger partial charge in [-0.3, -0.25) is 14.2 Å². The number of furan rings is 1. The molecule has 0 saturated carbocycles. The first-order valence-electron chi connectivity index (χ1n) is 11.1.